The molecule has 2 nitrogen and oxygen atoms in total. The molecule has 78 valence electrons. The maximum atomic E-state index is 11.0. The first-order valence-electron chi connectivity index (χ1n) is 4.95. The number of hydrogen-bond donors (Lipinski definition) is 1. The van der Waals surface area contributed by atoms with Crippen LogP contribution in [0.2, 0.25) is 0 Å². The van der Waals surface area contributed by atoms with Gasteiger partial charge in [-0.25, -0.2) is 0 Å². The van der Waals surface area contributed by atoms with Crippen molar-refractivity contribution in [3.05, 3.63) is 35.9 Å². The van der Waals surface area contributed by atoms with Crippen LogP contribution in [0.1, 0.15) is 31.9 Å². The van der Waals surface area contributed by atoms with E-state index in [9.17, 15) is 4.79 Å². The topological polar surface area (TPSA) is 29.1 Å². The van der Waals surface area contributed by atoms with Crippen LogP contribution in [0.5, 0.6) is 0 Å². The summed E-state index contributed by atoms with van der Waals surface area (Å²) >= 11 is 0. The molecule has 1 atom stereocenters. The molecule has 1 N–H and O–H groups in total. The third-order valence-corrected chi connectivity index (χ3v) is 2.06. The second-order valence-corrected chi connectivity index (χ2v) is 3.29. The SMILES string of the molecule is CC#CCC(NC(C)=O)c1ccccc1. The van der Waals surface area contributed by atoms with Crippen molar-refractivity contribution in [2.24, 2.45) is 0 Å². The molecule has 0 aliphatic heterocycles. The summed E-state index contributed by atoms with van der Waals surface area (Å²) in [7, 11) is 0. The van der Waals surface area contributed by atoms with Gasteiger partial charge in [-0.1, -0.05) is 30.3 Å². The van der Waals surface area contributed by atoms with Gasteiger partial charge in [-0.2, -0.15) is 0 Å². The quantitative estimate of drug-likeness (QED) is 0.747. The molecule has 0 aromatic heterocycles. The van der Waals surface area contributed by atoms with Crippen LogP contribution < -0.4 is 5.32 Å². The zero-order chi connectivity index (χ0) is 11.1. The molecular formula is C13H15NO. The number of nitrogens with one attached hydrogen (secondary N) is 1. The second-order valence-electron chi connectivity index (χ2n) is 3.29. The molecule has 0 radical (unpaired) electrons. The number of rotatable bonds is 3. The van der Waals surface area contributed by atoms with Crippen molar-refractivity contribution in [2.75, 3.05) is 0 Å². The second kappa shape index (κ2) is 5.87. The predicted octanol–water partition coefficient (Wildman–Crippen LogP) is 2.28. The lowest BCUT2D eigenvalue weighted by Gasteiger charge is -2.15. The van der Waals surface area contributed by atoms with E-state index in [1.54, 1.807) is 6.92 Å². The van der Waals surface area contributed by atoms with E-state index >= 15 is 0 Å². The van der Waals surface area contributed by atoms with Crippen LogP contribution >= 0.6 is 0 Å². The Balaban J connectivity index is 2.79. The largest absolute Gasteiger partial charge is 0.349 e. The van der Waals surface area contributed by atoms with Crippen molar-refractivity contribution in [1.82, 2.24) is 5.32 Å². The fraction of sp³-hybridized carbons (Fsp3) is 0.308. The standard InChI is InChI=1S/C13H15NO/c1-3-4-10-13(14-11(2)15)12-8-6-5-7-9-12/h5-9,13H,10H2,1-2H3,(H,14,15). The predicted molar refractivity (Wildman–Crippen MR) is 61.1 cm³/mol. The summed E-state index contributed by atoms with van der Waals surface area (Å²) in [5.41, 5.74) is 1.09. The number of benzene rings is 1. The molecule has 2 heteroatoms. The van der Waals surface area contributed by atoms with Gasteiger partial charge in [0.1, 0.15) is 0 Å². The first-order chi connectivity index (χ1) is 7.24. The normalized spacial score (nSPS) is 11.1. The van der Waals surface area contributed by atoms with Gasteiger partial charge in [0.25, 0.3) is 0 Å². The third kappa shape index (κ3) is 3.86. The van der Waals surface area contributed by atoms with E-state index in [1.165, 1.54) is 6.92 Å². The fourth-order valence-corrected chi connectivity index (χ4v) is 1.39. The molecule has 1 amide bonds. The summed E-state index contributed by atoms with van der Waals surface area (Å²) in [6.07, 6.45) is 0.653. The van der Waals surface area contributed by atoms with E-state index in [1.807, 2.05) is 30.3 Å². The number of carbonyl (C=O) groups excluding carboxylic acids is 1. The molecule has 0 saturated heterocycles. The third-order valence-electron chi connectivity index (χ3n) is 2.06. The van der Waals surface area contributed by atoms with Gasteiger partial charge in [0.2, 0.25) is 5.91 Å². The highest BCUT2D eigenvalue weighted by atomic mass is 16.1. The molecule has 15 heavy (non-hydrogen) atoms. The van der Waals surface area contributed by atoms with Gasteiger partial charge in [-0.05, 0) is 12.5 Å². The molecule has 0 aliphatic carbocycles. The Labute approximate surface area is 90.7 Å². The lowest BCUT2D eigenvalue weighted by molar-refractivity contribution is -0.119. The van der Waals surface area contributed by atoms with Gasteiger partial charge in [-0.3, -0.25) is 4.79 Å². The maximum absolute atomic E-state index is 11.0. The highest BCUT2D eigenvalue weighted by molar-refractivity contribution is 5.73. The summed E-state index contributed by atoms with van der Waals surface area (Å²) in [6.45, 7) is 3.32. The Hall–Kier alpha value is -1.75. The summed E-state index contributed by atoms with van der Waals surface area (Å²) < 4.78 is 0. The van der Waals surface area contributed by atoms with Crippen LogP contribution in [-0.2, 0) is 4.79 Å². The Kier molecular flexibility index (Phi) is 4.43. The number of amides is 1. The molecule has 0 fully saturated rings. The highest BCUT2D eigenvalue weighted by Gasteiger charge is 2.10. The summed E-state index contributed by atoms with van der Waals surface area (Å²) in [5, 5.41) is 2.89. The van der Waals surface area contributed by atoms with Crippen LogP contribution in [-0.4, -0.2) is 5.91 Å². The van der Waals surface area contributed by atoms with E-state index in [0.29, 0.717) is 6.42 Å². The van der Waals surface area contributed by atoms with Crippen LogP contribution in [0.25, 0.3) is 0 Å². The molecule has 1 aromatic carbocycles. The maximum Gasteiger partial charge on any atom is 0.217 e. The lowest BCUT2D eigenvalue weighted by atomic mass is 10.0. The first-order valence-corrected chi connectivity index (χ1v) is 4.95. The van der Waals surface area contributed by atoms with E-state index in [-0.39, 0.29) is 11.9 Å². The van der Waals surface area contributed by atoms with E-state index in [4.69, 9.17) is 0 Å². The lowest BCUT2D eigenvalue weighted by Crippen LogP contribution is -2.25. The average molecular weight is 201 g/mol. The van der Waals surface area contributed by atoms with Crippen molar-refractivity contribution < 1.29 is 4.79 Å². The van der Waals surface area contributed by atoms with Gasteiger partial charge in [0, 0.05) is 13.3 Å². The Morgan fingerprint density at radius 2 is 2.07 bits per heavy atom. The number of hydrogen-bond acceptors (Lipinski definition) is 1. The highest BCUT2D eigenvalue weighted by Crippen LogP contribution is 2.15. The molecule has 0 spiro atoms. The smallest absolute Gasteiger partial charge is 0.217 e. The summed E-state index contributed by atoms with van der Waals surface area (Å²) in [5.74, 6) is 5.80. The van der Waals surface area contributed by atoms with Crippen molar-refractivity contribution >= 4 is 5.91 Å². The van der Waals surface area contributed by atoms with Crippen LogP contribution in [0.15, 0.2) is 30.3 Å². The minimum atomic E-state index is -0.0262. The molecule has 0 heterocycles. The van der Waals surface area contributed by atoms with Gasteiger partial charge >= 0.3 is 0 Å². The summed E-state index contributed by atoms with van der Waals surface area (Å²) in [4.78, 5) is 11.0. The summed E-state index contributed by atoms with van der Waals surface area (Å²) in [6, 6.07) is 9.87. The van der Waals surface area contributed by atoms with E-state index < -0.39 is 0 Å². The Morgan fingerprint density at radius 3 is 2.60 bits per heavy atom. The molecular weight excluding hydrogens is 186 g/mol. The van der Waals surface area contributed by atoms with Crippen molar-refractivity contribution in [2.45, 2.75) is 26.3 Å². The molecule has 0 aliphatic rings. The van der Waals surface area contributed by atoms with Gasteiger partial charge < -0.3 is 5.32 Å². The Bertz CT molecular complexity index is 373. The monoisotopic (exact) mass is 201 g/mol. The minimum Gasteiger partial charge on any atom is -0.349 e. The average Bonchev–Trinajstić information content (AvgIpc) is 2.25. The zero-order valence-electron chi connectivity index (χ0n) is 9.08. The van der Waals surface area contributed by atoms with Crippen molar-refractivity contribution in [1.29, 1.82) is 0 Å². The fourth-order valence-electron chi connectivity index (χ4n) is 1.39. The molecule has 1 aromatic rings. The van der Waals surface area contributed by atoms with Crippen LogP contribution in [0.3, 0.4) is 0 Å². The van der Waals surface area contributed by atoms with E-state index in [0.717, 1.165) is 5.56 Å². The Morgan fingerprint density at radius 1 is 1.40 bits per heavy atom. The van der Waals surface area contributed by atoms with Crippen molar-refractivity contribution in [3.63, 3.8) is 0 Å². The molecule has 1 unspecified atom stereocenters. The van der Waals surface area contributed by atoms with Crippen LogP contribution in [0, 0.1) is 11.8 Å². The molecule has 0 bridgehead atoms. The molecule has 0 saturated carbocycles. The van der Waals surface area contributed by atoms with Gasteiger partial charge in [-0.15, -0.1) is 11.8 Å². The van der Waals surface area contributed by atoms with Gasteiger partial charge in [0.15, 0.2) is 0 Å². The van der Waals surface area contributed by atoms with E-state index in [2.05, 4.69) is 17.2 Å². The minimum absolute atomic E-state index is 0.00356. The van der Waals surface area contributed by atoms with Gasteiger partial charge in [0.05, 0.1) is 6.04 Å². The first kappa shape index (κ1) is 11.3. The number of carbonyl (C=O) groups is 1. The van der Waals surface area contributed by atoms with Crippen molar-refractivity contribution in [3.8, 4) is 11.8 Å². The molecule has 1 rings (SSSR count). The zero-order valence-corrected chi connectivity index (χ0v) is 9.08. The van der Waals surface area contributed by atoms with Crippen LogP contribution in [0.4, 0.5) is 0 Å².